The van der Waals surface area contributed by atoms with Gasteiger partial charge in [0, 0.05) is 14.1 Å². The molecule has 2 aromatic rings. The summed E-state index contributed by atoms with van der Waals surface area (Å²) in [6.07, 6.45) is 0. The first-order chi connectivity index (χ1) is 8.49. The van der Waals surface area contributed by atoms with Crippen molar-refractivity contribution in [2.45, 2.75) is 6.92 Å². The summed E-state index contributed by atoms with van der Waals surface area (Å²) in [6.45, 7) is 1.52. The Balaban J connectivity index is 2.86. The number of fused-ring (bicyclic) bond motifs is 1. The number of nitrogens with zero attached hydrogens (tertiary/aromatic N) is 4. The number of rotatable bonds is 3. The molecule has 0 saturated carbocycles. The lowest BCUT2D eigenvalue weighted by molar-refractivity contribution is 0.0783. The van der Waals surface area contributed by atoms with Crippen molar-refractivity contribution in [3.05, 3.63) is 26.7 Å². The molecule has 0 bridgehead atoms. The van der Waals surface area contributed by atoms with Crippen LogP contribution in [0.15, 0.2) is 9.59 Å². The van der Waals surface area contributed by atoms with E-state index >= 15 is 0 Å². The van der Waals surface area contributed by atoms with Crippen molar-refractivity contribution in [3.63, 3.8) is 0 Å². The molecule has 0 unspecified atom stereocenters. The van der Waals surface area contributed by atoms with E-state index in [1.54, 1.807) is 6.92 Å². The van der Waals surface area contributed by atoms with Gasteiger partial charge in [0.15, 0.2) is 11.2 Å². The van der Waals surface area contributed by atoms with E-state index in [1.807, 2.05) is 0 Å². The first-order valence-electron chi connectivity index (χ1n) is 5.38. The van der Waals surface area contributed by atoms with Crippen LogP contribution in [0.4, 0.5) is 0 Å². The van der Waals surface area contributed by atoms with E-state index in [2.05, 4.69) is 4.98 Å². The summed E-state index contributed by atoms with van der Waals surface area (Å²) >= 11 is 0. The van der Waals surface area contributed by atoms with Crippen molar-refractivity contribution >= 4 is 11.2 Å². The molecule has 0 spiro atoms. The molecule has 2 rings (SSSR count). The standard InChI is InChI=1S/C10H14N4O4/c1-6-11-8-7(14(6)18-5-4-15)9(16)13(3)10(17)12(8)2/h15H,4-5H2,1-3H3. The zero-order valence-corrected chi connectivity index (χ0v) is 10.4. The summed E-state index contributed by atoms with van der Waals surface area (Å²) < 4.78 is 3.51. The van der Waals surface area contributed by atoms with Crippen LogP contribution in [0.2, 0.25) is 0 Å². The van der Waals surface area contributed by atoms with Gasteiger partial charge in [0.2, 0.25) is 0 Å². The monoisotopic (exact) mass is 254 g/mol. The smallest absolute Gasteiger partial charge is 0.332 e. The van der Waals surface area contributed by atoms with Gasteiger partial charge in [-0.15, -0.1) is 0 Å². The minimum Gasteiger partial charge on any atom is -0.409 e. The minimum absolute atomic E-state index is 0.0400. The Kier molecular flexibility index (Phi) is 2.95. The van der Waals surface area contributed by atoms with Crippen LogP contribution in [0.25, 0.3) is 11.2 Å². The first-order valence-corrected chi connectivity index (χ1v) is 5.38. The van der Waals surface area contributed by atoms with Crippen molar-refractivity contribution in [1.82, 2.24) is 18.8 Å². The minimum atomic E-state index is -0.480. The predicted octanol–water partition coefficient (Wildman–Crippen LogP) is -1.84. The first kappa shape index (κ1) is 12.4. The average Bonchev–Trinajstić information content (AvgIpc) is 2.68. The second-order valence-corrected chi connectivity index (χ2v) is 3.89. The van der Waals surface area contributed by atoms with Crippen molar-refractivity contribution in [3.8, 4) is 0 Å². The van der Waals surface area contributed by atoms with E-state index in [1.165, 1.54) is 23.4 Å². The molecule has 18 heavy (non-hydrogen) atoms. The molecule has 2 aromatic heterocycles. The van der Waals surface area contributed by atoms with Crippen LogP contribution in [-0.2, 0) is 14.1 Å². The highest BCUT2D eigenvalue weighted by Gasteiger charge is 2.17. The molecule has 0 fully saturated rings. The summed E-state index contributed by atoms with van der Waals surface area (Å²) in [4.78, 5) is 33.2. The van der Waals surface area contributed by atoms with Crippen molar-refractivity contribution in [2.24, 2.45) is 14.1 Å². The third kappa shape index (κ3) is 1.61. The molecule has 0 radical (unpaired) electrons. The Morgan fingerprint density at radius 1 is 1.28 bits per heavy atom. The predicted molar refractivity (Wildman–Crippen MR) is 63.5 cm³/mol. The van der Waals surface area contributed by atoms with Gasteiger partial charge in [-0.05, 0) is 6.92 Å². The molecular formula is C10H14N4O4. The highest BCUT2D eigenvalue weighted by Crippen LogP contribution is 2.07. The van der Waals surface area contributed by atoms with Crippen molar-refractivity contribution in [1.29, 1.82) is 0 Å². The zero-order chi connectivity index (χ0) is 13.4. The lowest BCUT2D eigenvalue weighted by Crippen LogP contribution is -2.38. The second kappa shape index (κ2) is 4.30. The van der Waals surface area contributed by atoms with Gasteiger partial charge in [-0.1, -0.05) is 0 Å². The molecule has 98 valence electrons. The molecule has 0 atom stereocenters. The van der Waals surface area contributed by atoms with Gasteiger partial charge in [0.1, 0.15) is 12.4 Å². The molecule has 0 aliphatic heterocycles. The maximum absolute atomic E-state index is 12.0. The van der Waals surface area contributed by atoms with Crippen LogP contribution in [-0.4, -0.2) is 37.2 Å². The topological polar surface area (TPSA) is 91.3 Å². The van der Waals surface area contributed by atoms with Gasteiger partial charge in [0.05, 0.1) is 6.61 Å². The van der Waals surface area contributed by atoms with Gasteiger partial charge in [-0.25, -0.2) is 9.78 Å². The molecule has 2 heterocycles. The summed E-state index contributed by atoms with van der Waals surface area (Å²) in [7, 11) is 2.93. The Bertz CT molecular complexity index is 709. The summed E-state index contributed by atoms with van der Waals surface area (Å²) in [5, 5.41) is 8.75. The largest absolute Gasteiger partial charge is 0.409 e. The Labute approximate surface area is 102 Å². The maximum Gasteiger partial charge on any atom is 0.332 e. The van der Waals surface area contributed by atoms with Crippen LogP contribution in [0.3, 0.4) is 0 Å². The summed E-state index contributed by atoms with van der Waals surface area (Å²) in [5.41, 5.74) is -0.477. The Morgan fingerprint density at radius 2 is 1.94 bits per heavy atom. The van der Waals surface area contributed by atoms with Crippen LogP contribution >= 0.6 is 0 Å². The third-order valence-corrected chi connectivity index (χ3v) is 2.69. The highest BCUT2D eigenvalue weighted by molar-refractivity contribution is 5.70. The molecule has 0 amide bonds. The van der Waals surface area contributed by atoms with E-state index in [-0.39, 0.29) is 24.4 Å². The van der Waals surface area contributed by atoms with Crippen LogP contribution in [0.1, 0.15) is 5.82 Å². The number of aromatic nitrogens is 4. The highest BCUT2D eigenvalue weighted by atomic mass is 16.7. The van der Waals surface area contributed by atoms with E-state index in [9.17, 15) is 9.59 Å². The fourth-order valence-corrected chi connectivity index (χ4v) is 1.77. The summed E-state index contributed by atoms with van der Waals surface area (Å²) in [6, 6.07) is 0. The number of imidazole rings is 1. The van der Waals surface area contributed by atoms with Gasteiger partial charge in [-0.2, -0.15) is 4.73 Å². The average molecular weight is 254 g/mol. The Morgan fingerprint density at radius 3 is 2.56 bits per heavy atom. The fourth-order valence-electron chi connectivity index (χ4n) is 1.77. The zero-order valence-electron chi connectivity index (χ0n) is 10.4. The van der Waals surface area contributed by atoms with Gasteiger partial charge >= 0.3 is 5.69 Å². The summed E-state index contributed by atoms with van der Waals surface area (Å²) in [5.74, 6) is 0.441. The fraction of sp³-hybridized carbons (Fsp3) is 0.500. The molecular weight excluding hydrogens is 240 g/mol. The van der Waals surface area contributed by atoms with Crippen molar-refractivity contribution < 1.29 is 9.94 Å². The van der Waals surface area contributed by atoms with Gasteiger partial charge in [-0.3, -0.25) is 13.9 Å². The van der Waals surface area contributed by atoms with E-state index in [0.717, 1.165) is 4.57 Å². The molecule has 0 aliphatic carbocycles. The van der Waals surface area contributed by atoms with Crippen molar-refractivity contribution in [2.75, 3.05) is 13.2 Å². The number of hydrogen-bond acceptors (Lipinski definition) is 5. The normalized spacial score (nSPS) is 11.1. The van der Waals surface area contributed by atoms with Crippen LogP contribution in [0.5, 0.6) is 0 Å². The number of aryl methyl sites for hydroxylation is 2. The maximum atomic E-state index is 12.0. The Hall–Kier alpha value is -2.09. The molecule has 0 aliphatic rings. The molecule has 0 aromatic carbocycles. The lowest BCUT2D eigenvalue weighted by atomic mass is 10.5. The van der Waals surface area contributed by atoms with E-state index < -0.39 is 11.2 Å². The van der Waals surface area contributed by atoms with Gasteiger partial charge in [0.25, 0.3) is 5.56 Å². The number of aliphatic hydroxyl groups excluding tert-OH is 1. The quantitative estimate of drug-likeness (QED) is 0.695. The molecule has 0 saturated heterocycles. The number of hydrogen-bond donors (Lipinski definition) is 1. The van der Waals surface area contributed by atoms with Crippen LogP contribution in [0, 0.1) is 6.92 Å². The molecule has 1 N–H and O–H groups in total. The molecule has 8 nitrogen and oxygen atoms in total. The number of aliphatic hydroxyl groups is 1. The van der Waals surface area contributed by atoms with E-state index in [0.29, 0.717) is 5.82 Å². The van der Waals surface area contributed by atoms with E-state index in [4.69, 9.17) is 9.94 Å². The molecule has 8 heteroatoms. The second-order valence-electron chi connectivity index (χ2n) is 3.89. The lowest BCUT2D eigenvalue weighted by Gasteiger charge is -2.08. The van der Waals surface area contributed by atoms with Crippen LogP contribution < -0.4 is 16.1 Å². The third-order valence-electron chi connectivity index (χ3n) is 2.69. The SMILES string of the molecule is Cc1nc2c(c(=O)n(C)c(=O)n2C)n1OCCO. The van der Waals surface area contributed by atoms with Gasteiger partial charge < -0.3 is 9.94 Å².